The minimum Gasteiger partial charge on any atom is -0.493 e. The first-order chi connectivity index (χ1) is 14.4. The van der Waals surface area contributed by atoms with Gasteiger partial charge >= 0.3 is 0 Å². The zero-order valence-corrected chi connectivity index (χ0v) is 18.8. The van der Waals surface area contributed by atoms with Gasteiger partial charge in [0.05, 0.1) is 19.6 Å². The maximum atomic E-state index is 5.44. The molecule has 0 saturated carbocycles. The molecule has 30 heavy (non-hydrogen) atoms. The van der Waals surface area contributed by atoms with Gasteiger partial charge in [-0.1, -0.05) is 20.8 Å². The highest BCUT2D eigenvalue weighted by atomic mass is 32.1. The van der Waals surface area contributed by atoms with Crippen molar-refractivity contribution in [1.82, 2.24) is 19.6 Å². The normalized spacial score (nSPS) is 16.8. The van der Waals surface area contributed by atoms with Crippen molar-refractivity contribution in [3.63, 3.8) is 0 Å². The Kier molecular flexibility index (Phi) is 4.47. The largest absolute Gasteiger partial charge is 0.493 e. The maximum absolute atomic E-state index is 5.44. The predicted octanol–water partition coefficient (Wildman–Crippen LogP) is 5.17. The topological polar surface area (TPSA) is 61.5 Å². The number of aryl methyl sites for hydroxylation is 1. The molecule has 6 nitrogen and oxygen atoms in total. The summed E-state index contributed by atoms with van der Waals surface area (Å²) in [6.07, 6.45) is 5.19. The number of hydrogen-bond acceptors (Lipinski definition) is 6. The SMILES string of the molecule is COc1ccc(-c2nc3c4c5c(sc4ncn3n2)C[C@@H](C(C)(C)C)CC5)cc1OC. The maximum Gasteiger partial charge on any atom is 0.182 e. The summed E-state index contributed by atoms with van der Waals surface area (Å²) in [5.74, 6) is 2.72. The van der Waals surface area contributed by atoms with E-state index in [2.05, 4.69) is 20.8 Å². The lowest BCUT2D eigenvalue weighted by Gasteiger charge is -2.33. The Balaban J connectivity index is 1.62. The minimum absolute atomic E-state index is 0.325. The number of methoxy groups -OCH3 is 2. The molecule has 7 heteroatoms. The van der Waals surface area contributed by atoms with Crippen LogP contribution in [0.25, 0.3) is 27.3 Å². The zero-order chi connectivity index (χ0) is 21.0. The third kappa shape index (κ3) is 3.03. The number of benzene rings is 1. The molecule has 0 bridgehead atoms. The van der Waals surface area contributed by atoms with E-state index >= 15 is 0 Å². The van der Waals surface area contributed by atoms with Crippen LogP contribution >= 0.6 is 11.3 Å². The molecule has 0 unspecified atom stereocenters. The molecule has 0 aliphatic heterocycles. The highest BCUT2D eigenvalue weighted by Crippen LogP contribution is 2.43. The van der Waals surface area contributed by atoms with E-state index in [1.165, 1.54) is 22.2 Å². The molecule has 1 atom stereocenters. The average Bonchev–Trinajstić information content (AvgIpc) is 3.32. The monoisotopic (exact) mass is 422 g/mol. The summed E-state index contributed by atoms with van der Waals surface area (Å²) in [4.78, 5) is 12.1. The van der Waals surface area contributed by atoms with Gasteiger partial charge in [-0.2, -0.15) is 0 Å². The fourth-order valence-electron chi connectivity index (χ4n) is 4.41. The van der Waals surface area contributed by atoms with Gasteiger partial charge in [-0.15, -0.1) is 16.4 Å². The minimum atomic E-state index is 0.325. The van der Waals surface area contributed by atoms with E-state index in [1.54, 1.807) is 25.1 Å². The Morgan fingerprint density at radius 1 is 1.13 bits per heavy atom. The van der Waals surface area contributed by atoms with Gasteiger partial charge in [0.2, 0.25) is 0 Å². The Morgan fingerprint density at radius 3 is 2.67 bits per heavy atom. The van der Waals surface area contributed by atoms with E-state index in [-0.39, 0.29) is 0 Å². The van der Waals surface area contributed by atoms with Gasteiger partial charge in [0.1, 0.15) is 11.2 Å². The van der Waals surface area contributed by atoms with Crippen molar-refractivity contribution < 1.29 is 9.47 Å². The second-order valence-corrected chi connectivity index (χ2v) is 10.1. The molecule has 0 amide bonds. The van der Waals surface area contributed by atoms with E-state index in [0.29, 0.717) is 28.7 Å². The van der Waals surface area contributed by atoms with Crippen LogP contribution in [0.5, 0.6) is 11.5 Å². The first-order valence-corrected chi connectivity index (χ1v) is 11.1. The highest BCUT2D eigenvalue weighted by Gasteiger charge is 2.31. The summed E-state index contributed by atoms with van der Waals surface area (Å²) in [5, 5.41) is 5.87. The van der Waals surface area contributed by atoms with E-state index < -0.39 is 0 Å². The number of ether oxygens (including phenoxy) is 2. The number of aromatic nitrogens is 4. The zero-order valence-electron chi connectivity index (χ0n) is 18.0. The van der Waals surface area contributed by atoms with Crippen LogP contribution in [0.15, 0.2) is 24.5 Å². The lowest BCUT2D eigenvalue weighted by Crippen LogP contribution is -2.26. The lowest BCUT2D eigenvalue weighted by molar-refractivity contribution is 0.218. The number of fused-ring (bicyclic) bond motifs is 5. The van der Waals surface area contributed by atoms with Crippen LogP contribution < -0.4 is 9.47 Å². The van der Waals surface area contributed by atoms with Gasteiger partial charge in [-0.05, 0) is 54.4 Å². The molecule has 0 saturated heterocycles. The van der Waals surface area contributed by atoms with E-state index in [9.17, 15) is 0 Å². The smallest absolute Gasteiger partial charge is 0.182 e. The fourth-order valence-corrected chi connectivity index (χ4v) is 5.67. The number of thiophene rings is 1. The van der Waals surface area contributed by atoms with Crippen LogP contribution in [0.4, 0.5) is 0 Å². The molecule has 5 rings (SSSR count). The van der Waals surface area contributed by atoms with Gasteiger partial charge in [-0.3, -0.25) is 0 Å². The van der Waals surface area contributed by atoms with Gasteiger partial charge < -0.3 is 9.47 Å². The first kappa shape index (κ1) is 19.3. The molecule has 0 spiro atoms. The molecular weight excluding hydrogens is 396 g/mol. The van der Waals surface area contributed by atoms with Gasteiger partial charge in [0, 0.05) is 10.4 Å². The van der Waals surface area contributed by atoms with Crippen LogP contribution in [0.3, 0.4) is 0 Å². The number of nitrogens with zero attached hydrogens (tertiary/aromatic N) is 4. The molecule has 3 heterocycles. The molecule has 0 N–H and O–H groups in total. The quantitative estimate of drug-likeness (QED) is 0.456. The summed E-state index contributed by atoms with van der Waals surface area (Å²) in [7, 11) is 3.27. The fraction of sp³-hybridized carbons (Fsp3) is 0.435. The Morgan fingerprint density at radius 2 is 1.93 bits per heavy atom. The summed E-state index contributed by atoms with van der Waals surface area (Å²) in [6.45, 7) is 7.04. The van der Waals surface area contributed by atoms with Crippen LogP contribution in [0.1, 0.15) is 37.6 Å². The second kappa shape index (κ2) is 6.94. The molecule has 0 radical (unpaired) electrons. The van der Waals surface area contributed by atoms with Crippen molar-refractivity contribution in [2.24, 2.45) is 11.3 Å². The van der Waals surface area contributed by atoms with Crippen molar-refractivity contribution in [3.8, 4) is 22.9 Å². The van der Waals surface area contributed by atoms with Crippen LogP contribution in [-0.4, -0.2) is 33.8 Å². The van der Waals surface area contributed by atoms with Crippen molar-refractivity contribution in [2.75, 3.05) is 14.2 Å². The Labute approximate surface area is 179 Å². The summed E-state index contributed by atoms with van der Waals surface area (Å²) in [5.41, 5.74) is 3.52. The van der Waals surface area contributed by atoms with Crippen molar-refractivity contribution in [2.45, 2.75) is 40.0 Å². The van der Waals surface area contributed by atoms with Gasteiger partial charge in [0.15, 0.2) is 23.0 Å². The molecular formula is C23H26N4O2S. The van der Waals surface area contributed by atoms with Gasteiger partial charge in [-0.25, -0.2) is 14.5 Å². The standard InChI is InChI=1S/C23H26N4O2S/c1-23(2,3)14-7-8-15-18(11-14)30-22-19(15)21-25-20(26-27(21)12-24-22)13-6-9-16(28-4)17(10-13)29-5/h6,9-10,12,14H,7-8,11H2,1-5H3/t14-/m0/s1. The summed E-state index contributed by atoms with van der Waals surface area (Å²) >= 11 is 1.82. The average molecular weight is 423 g/mol. The third-order valence-electron chi connectivity index (χ3n) is 6.25. The molecule has 156 valence electrons. The summed E-state index contributed by atoms with van der Waals surface area (Å²) in [6, 6.07) is 5.75. The van der Waals surface area contributed by atoms with Crippen molar-refractivity contribution in [3.05, 3.63) is 35.0 Å². The second-order valence-electron chi connectivity index (χ2n) is 9.01. The van der Waals surface area contributed by atoms with Crippen LogP contribution in [0.2, 0.25) is 0 Å². The molecule has 1 aliphatic rings. The third-order valence-corrected chi connectivity index (χ3v) is 7.41. The Hall–Kier alpha value is -2.67. The van der Waals surface area contributed by atoms with Crippen molar-refractivity contribution >= 4 is 27.2 Å². The predicted molar refractivity (Wildman–Crippen MR) is 120 cm³/mol. The number of rotatable bonds is 3. The Bertz CT molecular complexity index is 1250. The number of hydrogen-bond donors (Lipinski definition) is 0. The van der Waals surface area contributed by atoms with E-state index in [4.69, 9.17) is 24.5 Å². The van der Waals surface area contributed by atoms with E-state index in [1.807, 2.05) is 29.5 Å². The van der Waals surface area contributed by atoms with Crippen LogP contribution in [-0.2, 0) is 12.8 Å². The van der Waals surface area contributed by atoms with E-state index in [0.717, 1.165) is 28.9 Å². The lowest BCUT2D eigenvalue weighted by atomic mass is 9.72. The van der Waals surface area contributed by atoms with Crippen molar-refractivity contribution in [1.29, 1.82) is 0 Å². The molecule has 1 aliphatic carbocycles. The van der Waals surface area contributed by atoms with Gasteiger partial charge in [0.25, 0.3) is 0 Å². The highest BCUT2D eigenvalue weighted by molar-refractivity contribution is 7.19. The molecule has 3 aromatic heterocycles. The summed E-state index contributed by atoms with van der Waals surface area (Å²) < 4.78 is 12.6. The molecule has 0 fully saturated rings. The first-order valence-electron chi connectivity index (χ1n) is 10.3. The van der Waals surface area contributed by atoms with Crippen LogP contribution in [0, 0.1) is 11.3 Å². The molecule has 1 aromatic carbocycles. The molecule has 4 aromatic rings.